The predicted molar refractivity (Wildman–Crippen MR) is 92.0 cm³/mol. The van der Waals surface area contributed by atoms with Crippen molar-refractivity contribution in [2.75, 3.05) is 44.7 Å². The van der Waals surface area contributed by atoms with Gasteiger partial charge in [-0.1, -0.05) is 30.3 Å². The van der Waals surface area contributed by atoms with Gasteiger partial charge in [0.2, 0.25) is 5.88 Å². The Bertz CT molecular complexity index is 580. The van der Waals surface area contributed by atoms with Crippen LogP contribution >= 0.6 is 0 Å². The molecular weight excluding hydrogens is 288 g/mol. The summed E-state index contributed by atoms with van der Waals surface area (Å²) in [6.07, 6.45) is 2.37. The number of aromatic nitrogens is 2. The summed E-state index contributed by atoms with van der Waals surface area (Å²) in [7, 11) is 1.61. The Kier molecular flexibility index (Phi) is 5.42. The Morgan fingerprint density at radius 1 is 0.957 bits per heavy atom. The van der Waals surface area contributed by atoms with Crippen LogP contribution in [-0.2, 0) is 6.42 Å². The summed E-state index contributed by atoms with van der Waals surface area (Å²) in [4.78, 5) is 4.83. The fourth-order valence-corrected chi connectivity index (χ4v) is 2.94. The van der Waals surface area contributed by atoms with Gasteiger partial charge in [0.05, 0.1) is 7.11 Å². The molecule has 1 saturated heterocycles. The van der Waals surface area contributed by atoms with Crippen LogP contribution in [0.5, 0.6) is 5.88 Å². The highest BCUT2D eigenvalue weighted by molar-refractivity contribution is 5.38. The number of hydrogen-bond acceptors (Lipinski definition) is 5. The number of piperazine rings is 1. The van der Waals surface area contributed by atoms with E-state index in [4.69, 9.17) is 4.74 Å². The van der Waals surface area contributed by atoms with Crippen LogP contribution < -0.4 is 9.64 Å². The van der Waals surface area contributed by atoms with E-state index in [1.54, 1.807) is 7.11 Å². The van der Waals surface area contributed by atoms with E-state index >= 15 is 0 Å². The molecule has 0 N–H and O–H groups in total. The molecular formula is C18H24N4O. The summed E-state index contributed by atoms with van der Waals surface area (Å²) < 4.78 is 5.05. The maximum absolute atomic E-state index is 5.05. The lowest BCUT2D eigenvalue weighted by Crippen LogP contribution is -2.47. The molecule has 0 spiro atoms. The summed E-state index contributed by atoms with van der Waals surface area (Å²) in [5, 5.41) is 8.28. The minimum Gasteiger partial charge on any atom is -0.480 e. The molecule has 1 aromatic carbocycles. The second-order valence-corrected chi connectivity index (χ2v) is 5.85. The van der Waals surface area contributed by atoms with Gasteiger partial charge in [-0.15, -0.1) is 10.2 Å². The highest BCUT2D eigenvalue weighted by Gasteiger charge is 2.17. The molecule has 0 unspecified atom stereocenters. The molecule has 0 bridgehead atoms. The third kappa shape index (κ3) is 4.42. The number of rotatable bonds is 6. The Morgan fingerprint density at radius 2 is 1.74 bits per heavy atom. The van der Waals surface area contributed by atoms with Crippen molar-refractivity contribution in [1.29, 1.82) is 0 Å². The molecule has 1 aromatic heterocycles. The zero-order chi connectivity index (χ0) is 15.9. The number of aryl methyl sites for hydroxylation is 1. The van der Waals surface area contributed by atoms with E-state index in [2.05, 4.69) is 50.3 Å². The lowest BCUT2D eigenvalue weighted by atomic mass is 10.1. The van der Waals surface area contributed by atoms with Gasteiger partial charge in [-0.2, -0.15) is 0 Å². The maximum atomic E-state index is 5.05. The van der Waals surface area contributed by atoms with E-state index in [1.807, 2.05) is 12.1 Å². The highest BCUT2D eigenvalue weighted by atomic mass is 16.5. The van der Waals surface area contributed by atoms with Gasteiger partial charge in [-0.3, -0.25) is 4.90 Å². The third-order valence-electron chi connectivity index (χ3n) is 4.31. The second-order valence-electron chi connectivity index (χ2n) is 5.85. The first-order chi connectivity index (χ1) is 11.3. The number of benzene rings is 1. The fourth-order valence-electron chi connectivity index (χ4n) is 2.94. The smallest absolute Gasteiger partial charge is 0.233 e. The van der Waals surface area contributed by atoms with E-state index in [0.29, 0.717) is 5.88 Å². The number of anilines is 1. The topological polar surface area (TPSA) is 41.5 Å². The Morgan fingerprint density at radius 3 is 2.39 bits per heavy atom. The van der Waals surface area contributed by atoms with Crippen LogP contribution in [0.15, 0.2) is 42.5 Å². The van der Waals surface area contributed by atoms with E-state index in [9.17, 15) is 0 Å². The molecule has 122 valence electrons. The molecule has 1 aliphatic heterocycles. The number of hydrogen-bond donors (Lipinski definition) is 0. The van der Waals surface area contributed by atoms with Crippen LogP contribution in [0.1, 0.15) is 12.0 Å². The van der Waals surface area contributed by atoms with Crippen LogP contribution in [0, 0.1) is 0 Å². The zero-order valence-electron chi connectivity index (χ0n) is 13.7. The average Bonchev–Trinajstić information content (AvgIpc) is 2.63. The van der Waals surface area contributed by atoms with Gasteiger partial charge in [-0.25, -0.2) is 0 Å². The first kappa shape index (κ1) is 15.7. The van der Waals surface area contributed by atoms with Crippen molar-refractivity contribution in [3.8, 4) is 5.88 Å². The van der Waals surface area contributed by atoms with Crippen molar-refractivity contribution in [2.24, 2.45) is 0 Å². The highest BCUT2D eigenvalue weighted by Crippen LogP contribution is 2.15. The molecule has 3 rings (SSSR count). The molecule has 0 radical (unpaired) electrons. The van der Waals surface area contributed by atoms with Gasteiger partial charge in [0.15, 0.2) is 5.82 Å². The Hall–Kier alpha value is -2.14. The lowest BCUT2D eigenvalue weighted by molar-refractivity contribution is 0.254. The van der Waals surface area contributed by atoms with Gasteiger partial charge in [0.1, 0.15) is 0 Å². The van der Waals surface area contributed by atoms with Crippen molar-refractivity contribution in [3.63, 3.8) is 0 Å². The Balaban J connectivity index is 1.41. The molecule has 23 heavy (non-hydrogen) atoms. The summed E-state index contributed by atoms with van der Waals surface area (Å²) in [5.74, 6) is 1.50. The summed E-state index contributed by atoms with van der Waals surface area (Å²) >= 11 is 0. The number of methoxy groups -OCH3 is 1. The minimum absolute atomic E-state index is 0.563. The first-order valence-corrected chi connectivity index (χ1v) is 8.24. The molecule has 5 nitrogen and oxygen atoms in total. The molecule has 0 atom stereocenters. The van der Waals surface area contributed by atoms with Crippen molar-refractivity contribution >= 4 is 5.82 Å². The summed E-state index contributed by atoms with van der Waals surface area (Å²) in [5.41, 5.74) is 1.43. The molecule has 0 saturated carbocycles. The van der Waals surface area contributed by atoms with Crippen LogP contribution in [-0.4, -0.2) is 54.9 Å². The SMILES string of the molecule is COc1ccc(N2CCN(CCCc3ccccc3)CC2)nn1. The van der Waals surface area contributed by atoms with E-state index < -0.39 is 0 Å². The summed E-state index contributed by atoms with van der Waals surface area (Å²) in [6.45, 7) is 5.35. The Labute approximate surface area is 137 Å². The van der Waals surface area contributed by atoms with Crippen molar-refractivity contribution in [2.45, 2.75) is 12.8 Å². The van der Waals surface area contributed by atoms with E-state index in [1.165, 1.54) is 12.0 Å². The van der Waals surface area contributed by atoms with Gasteiger partial charge < -0.3 is 9.64 Å². The lowest BCUT2D eigenvalue weighted by Gasteiger charge is -2.35. The fraction of sp³-hybridized carbons (Fsp3) is 0.444. The largest absolute Gasteiger partial charge is 0.480 e. The van der Waals surface area contributed by atoms with Crippen LogP contribution in [0.4, 0.5) is 5.82 Å². The molecule has 5 heteroatoms. The minimum atomic E-state index is 0.563. The molecule has 1 fully saturated rings. The molecule has 2 aromatic rings. The maximum Gasteiger partial charge on any atom is 0.233 e. The predicted octanol–water partition coefficient (Wildman–Crippen LogP) is 2.24. The second kappa shape index (κ2) is 7.92. The molecule has 0 aliphatic carbocycles. The van der Waals surface area contributed by atoms with Crippen molar-refractivity contribution in [3.05, 3.63) is 48.0 Å². The van der Waals surface area contributed by atoms with Gasteiger partial charge in [0, 0.05) is 32.2 Å². The standard InChI is InChI=1S/C18H24N4O/c1-23-18-10-9-17(19-20-18)22-14-12-21(13-15-22)11-5-8-16-6-3-2-4-7-16/h2-4,6-7,9-10H,5,8,11-15H2,1H3. The van der Waals surface area contributed by atoms with Crippen LogP contribution in [0.2, 0.25) is 0 Å². The summed E-state index contributed by atoms with van der Waals surface area (Å²) in [6, 6.07) is 14.6. The van der Waals surface area contributed by atoms with Crippen LogP contribution in [0.25, 0.3) is 0 Å². The third-order valence-corrected chi connectivity index (χ3v) is 4.31. The molecule has 1 aliphatic rings. The number of nitrogens with zero attached hydrogens (tertiary/aromatic N) is 4. The number of ether oxygens (including phenoxy) is 1. The average molecular weight is 312 g/mol. The zero-order valence-corrected chi connectivity index (χ0v) is 13.7. The van der Waals surface area contributed by atoms with Crippen molar-refractivity contribution < 1.29 is 4.74 Å². The van der Waals surface area contributed by atoms with Gasteiger partial charge in [0.25, 0.3) is 0 Å². The first-order valence-electron chi connectivity index (χ1n) is 8.24. The molecule has 0 amide bonds. The monoisotopic (exact) mass is 312 g/mol. The normalized spacial score (nSPS) is 15.6. The van der Waals surface area contributed by atoms with E-state index in [-0.39, 0.29) is 0 Å². The van der Waals surface area contributed by atoms with Crippen molar-refractivity contribution in [1.82, 2.24) is 15.1 Å². The quantitative estimate of drug-likeness (QED) is 0.818. The van der Waals surface area contributed by atoms with Crippen LogP contribution in [0.3, 0.4) is 0 Å². The van der Waals surface area contributed by atoms with Gasteiger partial charge in [-0.05, 0) is 31.0 Å². The van der Waals surface area contributed by atoms with Gasteiger partial charge >= 0.3 is 0 Å². The molecule has 2 heterocycles. The van der Waals surface area contributed by atoms with E-state index in [0.717, 1.165) is 45.0 Å².